The molecule has 0 saturated carbocycles. The highest BCUT2D eigenvalue weighted by molar-refractivity contribution is 9.10. The smallest absolute Gasteiger partial charge is 0.248 e. The minimum atomic E-state index is -0.183. The van der Waals surface area contributed by atoms with Gasteiger partial charge in [0.25, 0.3) is 0 Å². The van der Waals surface area contributed by atoms with E-state index in [2.05, 4.69) is 21.2 Å². The Labute approximate surface area is 157 Å². The summed E-state index contributed by atoms with van der Waals surface area (Å²) in [5.41, 5.74) is 2.66. The van der Waals surface area contributed by atoms with E-state index < -0.39 is 0 Å². The van der Waals surface area contributed by atoms with Crippen LogP contribution in [-0.2, 0) is 4.79 Å². The zero-order chi connectivity index (χ0) is 18.2. The number of aryl methyl sites for hydroxylation is 1. The molecular weight excluding hydrogens is 382 g/mol. The third kappa shape index (κ3) is 5.64. The number of amides is 1. The van der Waals surface area contributed by atoms with Crippen molar-refractivity contribution in [1.29, 1.82) is 0 Å². The van der Waals surface area contributed by atoms with Gasteiger partial charge in [0.1, 0.15) is 0 Å². The summed E-state index contributed by atoms with van der Waals surface area (Å²) in [5, 5.41) is 2.88. The molecule has 1 amide bonds. The lowest BCUT2D eigenvalue weighted by Gasteiger charge is -2.11. The van der Waals surface area contributed by atoms with Gasteiger partial charge in [-0.3, -0.25) is 4.79 Å². The van der Waals surface area contributed by atoms with Gasteiger partial charge >= 0.3 is 0 Å². The van der Waals surface area contributed by atoms with Crippen LogP contribution in [0.5, 0.6) is 11.5 Å². The molecule has 0 atom stereocenters. The fourth-order valence-corrected chi connectivity index (χ4v) is 2.76. The Balaban J connectivity index is 2.09. The van der Waals surface area contributed by atoms with Crippen LogP contribution in [-0.4, -0.2) is 19.1 Å². The van der Waals surface area contributed by atoms with Crippen molar-refractivity contribution >= 4 is 33.6 Å². The fourth-order valence-electron chi connectivity index (χ4n) is 2.29. The molecule has 0 aliphatic carbocycles. The van der Waals surface area contributed by atoms with Crippen LogP contribution in [0.2, 0.25) is 0 Å². The molecule has 4 nitrogen and oxygen atoms in total. The molecule has 0 bridgehead atoms. The van der Waals surface area contributed by atoms with Gasteiger partial charge in [-0.1, -0.05) is 22.0 Å². The maximum absolute atomic E-state index is 12.1. The molecule has 132 valence electrons. The zero-order valence-corrected chi connectivity index (χ0v) is 16.2. The molecule has 5 heteroatoms. The Morgan fingerprint density at radius 1 is 1.08 bits per heavy atom. The highest BCUT2D eigenvalue weighted by Gasteiger charge is 2.06. The van der Waals surface area contributed by atoms with E-state index in [9.17, 15) is 4.79 Å². The SMILES string of the molecule is CCOc1ccc(/C=C/C(=O)Nc2ccc(Br)cc2C)cc1OCC. The fraction of sp³-hybridized carbons (Fsp3) is 0.250. The van der Waals surface area contributed by atoms with Gasteiger partial charge in [-0.25, -0.2) is 0 Å². The average Bonchev–Trinajstić information content (AvgIpc) is 2.58. The van der Waals surface area contributed by atoms with Crippen LogP contribution < -0.4 is 14.8 Å². The molecule has 0 radical (unpaired) electrons. The summed E-state index contributed by atoms with van der Waals surface area (Å²) in [7, 11) is 0. The molecule has 2 aromatic rings. The summed E-state index contributed by atoms with van der Waals surface area (Å²) < 4.78 is 12.1. The van der Waals surface area contributed by atoms with E-state index in [0.717, 1.165) is 21.3 Å². The largest absolute Gasteiger partial charge is 0.490 e. The Morgan fingerprint density at radius 3 is 2.48 bits per heavy atom. The van der Waals surface area contributed by atoms with Gasteiger partial charge in [-0.15, -0.1) is 0 Å². The van der Waals surface area contributed by atoms with Crippen LogP contribution in [0.3, 0.4) is 0 Å². The van der Waals surface area contributed by atoms with Crippen molar-refractivity contribution in [3.63, 3.8) is 0 Å². The van der Waals surface area contributed by atoms with E-state index in [1.54, 1.807) is 6.08 Å². The Hall–Kier alpha value is -2.27. The molecule has 0 aliphatic rings. The van der Waals surface area contributed by atoms with Crippen LogP contribution in [0.4, 0.5) is 5.69 Å². The average molecular weight is 404 g/mol. The molecule has 0 spiro atoms. The quantitative estimate of drug-likeness (QED) is 0.645. The Bertz CT molecular complexity index is 772. The minimum Gasteiger partial charge on any atom is -0.490 e. The number of hydrogen-bond donors (Lipinski definition) is 1. The Kier molecular flexibility index (Phi) is 7.07. The van der Waals surface area contributed by atoms with Crippen LogP contribution >= 0.6 is 15.9 Å². The van der Waals surface area contributed by atoms with Gasteiger partial charge in [-0.2, -0.15) is 0 Å². The molecule has 0 unspecified atom stereocenters. The number of benzene rings is 2. The van der Waals surface area contributed by atoms with Crippen molar-refractivity contribution in [2.24, 2.45) is 0 Å². The Morgan fingerprint density at radius 2 is 1.80 bits per heavy atom. The molecular formula is C20H22BrNO3. The van der Waals surface area contributed by atoms with Gasteiger partial charge in [-0.05, 0) is 68.3 Å². The molecule has 0 aromatic heterocycles. The second kappa shape index (κ2) is 9.28. The van der Waals surface area contributed by atoms with Gasteiger partial charge < -0.3 is 14.8 Å². The second-order valence-corrected chi connectivity index (χ2v) is 6.27. The number of nitrogens with one attached hydrogen (secondary N) is 1. The molecule has 0 aliphatic heterocycles. The summed E-state index contributed by atoms with van der Waals surface area (Å²) in [5.74, 6) is 1.20. The first-order valence-electron chi connectivity index (χ1n) is 8.18. The molecule has 1 N–H and O–H groups in total. The van der Waals surface area contributed by atoms with Crippen molar-refractivity contribution in [3.05, 3.63) is 58.1 Å². The van der Waals surface area contributed by atoms with Gasteiger partial charge in [0.2, 0.25) is 5.91 Å². The van der Waals surface area contributed by atoms with Gasteiger partial charge in [0, 0.05) is 16.2 Å². The highest BCUT2D eigenvalue weighted by atomic mass is 79.9. The first-order chi connectivity index (χ1) is 12.0. The predicted molar refractivity (Wildman–Crippen MR) is 105 cm³/mol. The maximum Gasteiger partial charge on any atom is 0.248 e. The lowest BCUT2D eigenvalue weighted by atomic mass is 10.1. The number of carbonyl (C=O) groups is 1. The molecule has 2 aromatic carbocycles. The lowest BCUT2D eigenvalue weighted by molar-refractivity contribution is -0.111. The molecule has 25 heavy (non-hydrogen) atoms. The van der Waals surface area contributed by atoms with Crippen molar-refractivity contribution in [2.75, 3.05) is 18.5 Å². The number of ether oxygens (including phenoxy) is 2. The third-order valence-corrected chi connectivity index (χ3v) is 3.93. The normalized spacial score (nSPS) is 10.7. The molecule has 0 heterocycles. The first-order valence-corrected chi connectivity index (χ1v) is 8.97. The number of hydrogen-bond acceptors (Lipinski definition) is 3. The van der Waals surface area contributed by atoms with Crippen molar-refractivity contribution < 1.29 is 14.3 Å². The summed E-state index contributed by atoms with van der Waals surface area (Å²) in [6.45, 7) is 6.93. The first kappa shape index (κ1) is 19.1. The number of carbonyl (C=O) groups excluding carboxylic acids is 1. The summed E-state index contributed by atoms with van der Waals surface area (Å²) in [6, 6.07) is 11.3. The number of rotatable bonds is 7. The third-order valence-electron chi connectivity index (χ3n) is 3.44. The van der Waals surface area contributed by atoms with Crippen LogP contribution in [0, 0.1) is 6.92 Å². The second-order valence-electron chi connectivity index (χ2n) is 5.35. The van der Waals surface area contributed by atoms with E-state index in [4.69, 9.17) is 9.47 Å². The predicted octanol–water partition coefficient (Wildman–Crippen LogP) is 5.21. The van der Waals surface area contributed by atoms with E-state index in [1.807, 2.05) is 57.2 Å². The minimum absolute atomic E-state index is 0.183. The summed E-state index contributed by atoms with van der Waals surface area (Å²) in [4.78, 5) is 12.1. The summed E-state index contributed by atoms with van der Waals surface area (Å²) >= 11 is 3.41. The van der Waals surface area contributed by atoms with Crippen LogP contribution in [0.1, 0.15) is 25.0 Å². The monoisotopic (exact) mass is 403 g/mol. The topological polar surface area (TPSA) is 47.6 Å². The van der Waals surface area contributed by atoms with E-state index in [-0.39, 0.29) is 5.91 Å². The zero-order valence-electron chi connectivity index (χ0n) is 14.6. The highest BCUT2D eigenvalue weighted by Crippen LogP contribution is 2.29. The number of anilines is 1. The maximum atomic E-state index is 12.1. The van der Waals surface area contributed by atoms with E-state index in [1.165, 1.54) is 6.08 Å². The molecule has 0 fully saturated rings. The van der Waals surface area contributed by atoms with Crippen molar-refractivity contribution in [3.8, 4) is 11.5 Å². The number of halogens is 1. The standard InChI is InChI=1S/C20H22BrNO3/c1-4-24-18-10-6-15(13-19(18)25-5-2)7-11-20(23)22-17-9-8-16(21)12-14(17)3/h6-13H,4-5H2,1-3H3,(H,22,23)/b11-7+. The molecule has 0 saturated heterocycles. The summed E-state index contributed by atoms with van der Waals surface area (Å²) in [6.07, 6.45) is 3.26. The van der Waals surface area contributed by atoms with Crippen molar-refractivity contribution in [2.45, 2.75) is 20.8 Å². The van der Waals surface area contributed by atoms with Gasteiger partial charge in [0.15, 0.2) is 11.5 Å². The van der Waals surface area contributed by atoms with Gasteiger partial charge in [0.05, 0.1) is 13.2 Å². The lowest BCUT2D eigenvalue weighted by Crippen LogP contribution is -2.08. The van der Waals surface area contributed by atoms with E-state index in [0.29, 0.717) is 24.7 Å². The molecule has 2 rings (SSSR count). The van der Waals surface area contributed by atoms with Crippen molar-refractivity contribution in [1.82, 2.24) is 0 Å². The van der Waals surface area contributed by atoms with Crippen LogP contribution in [0.15, 0.2) is 46.9 Å². The van der Waals surface area contributed by atoms with E-state index >= 15 is 0 Å². The van der Waals surface area contributed by atoms with Crippen LogP contribution in [0.25, 0.3) is 6.08 Å².